The number of ether oxygens (including phenoxy) is 1. The monoisotopic (exact) mass is 367 g/mol. The van der Waals surface area contributed by atoms with Gasteiger partial charge in [0.25, 0.3) is 5.91 Å². The lowest BCUT2D eigenvalue weighted by atomic mass is 10.1. The van der Waals surface area contributed by atoms with Crippen LogP contribution in [-0.2, 0) is 6.42 Å². The fraction of sp³-hybridized carbons (Fsp3) is 0.300. The molecule has 26 heavy (non-hydrogen) atoms. The predicted molar refractivity (Wildman–Crippen MR) is 103 cm³/mol. The average molecular weight is 367 g/mol. The van der Waals surface area contributed by atoms with E-state index in [1.165, 1.54) is 0 Å². The van der Waals surface area contributed by atoms with Crippen molar-refractivity contribution in [1.29, 1.82) is 0 Å². The van der Waals surface area contributed by atoms with Crippen LogP contribution in [0.1, 0.15) is 33.9 Å². The van der Waals surface area contributed by atoms with E-state index in [4.69, 9.17) is 9.72 Å². The third-order valence-corrected chi connectivity index (χ3v) is 5.54. The van der Waals surface area contributed by atoms with Crippen LogP contribution >= 0.6 is 11.3 Å². The van der Waals surface area contributed by atoms with Crippen LogP contribution in [0.4, 0.5) is 0 Å². The number of hydrogen-bond donors (Lipinski definition) is 1. The van der Waals surface area contributed by atoms with Crippen molar-refractivity contribution in [2.45, 2.75) is 19.3 Å². The summed E-state index contributed by atoms with van der Waals surface area (Å²) in [5, 5.41) is 3.07. The van der Waals surface area contributed by atoms with Crippen molar-refractivity contribution in [2.24, 2.45) is 0 Å². The van der Waals surface area contributed by atoms with E-state index in [0.29, 0.717) is 5.69 Å². The molecule has 0 atom stereocenters. The highest BCUT2D eigenvalue weighted by Gasteiger charge is 2.21. The van der Waals surface area contributed by atoms with Gasteiger partial charge in [-0.15, -0.1) is 11.3 Å². The van der Waals surface area contributed by atoms with Gasteiger partial charge in [-0.3, -0.25) is 4.79 Å². The maximum atomic E-state index is 12.5. The lowest BCUT2D eigenvalue weighted by Crippen LogP contribution is -2.27. The van der Waals surface area contributed by atoms with Crippen LogP contribution in [0, 0.1) is 0 Å². The molecule has 4 rings (SSSR count). The third-order valence-electron chi connectivity index (χ3n) is 4.69. The molecule has 0 spiro atoms. The molecule has 1 amide bonds. The minimum Gasteiger partial charge on any atom is -0.496 e. The van der Waals surface area contributed by atoms with Gasteiger partial charge in [0.15, 0.2) is 0 Å². The number of benzene rings is 1. The molecule has 6 heteroatoms. The summed E-state index contributed by atoms with van der Waals surface area (Å²) in [6.07, 6.45) is 4.79. The first-order valence-electron chi connectivity index (χ1n) is 8.79. The molecule has 1 aromatic carbocycles. The molecule has 134 valence electrons. The number of nitrogens with zero attached hydrogens (tertiary/aromatic N) is 2. The molecule has 5 nitrogen and oxygen atoms in total. The Kier molecular flexibility index (Phi) is 4.75. The van der Waals surface area contributed by atoms with Crippen LogP contribution in [0.25, 0.3) is 11.3 Å². The molecular weight excluding hydrogens is 346 g/mol. The van der Waals surface area contributed by atoms with E-state index in [1.54, 1.807) is 18.4 Å². The average Bonchev–Trinajstić information content (AvgIpc) is 3.42. The number of aromatic amines is 1. The number of carbonyl (C=O) groups excluding carboxylic acids is 1. The zero-order valence-corrected chi connectivity index (χ0v) is 15.5. The number of para-hydroxylation sites is 1. The molecule has 1 aliphatic rings. The van der Waals surface area contributed by atoms with Crippen LogP contribution in [0.3, 0.4) is 0 Å². The van der Waals surface area contributed by atoms with Crippen molar-refractivity contribution in [3.8, 4) is 17.0 Å². The molecule has 3 heterocycles. The summed E-state index contributed by atoms with van der Waals surface area (Å²) in [4.78, 5) is 22.2. The third kappa shape index (κ3) is 3.37. The molecule has 0 unspecified atom stereocenters. The zero-order chi connectivity index (χ0) is 17.9. The summed E-state index contributed by atoms with van der Waals surface area (Å²) in [7, 11) is 1.69. The van der Waals surface area contributed by atoms with E-state index in [2.05, 4.69) is 11.1 Å². The van der Waals surface area contributed by atoms with Crippen LogP contribution < -0.4 is 4.74 Å². The molecule has 1 N–H and O–H groups in total. The minimum atomic E-state index is 0.0817. The number of rotatable bonds is 5. The summed E-state index contributed by atoms with van der Waals surface area (Å²) in [5.74, 6) is 0.961. The number of nitrogens with one attached hydrogen (secondary N) is 1. The van der Waals surface area contributed by atoms with Gasteiger partial charge in [0.05, 0.1) is 17.8 Å². The lowest BCUT2D eigenvalue weighted by molar-refractivity contribution is 0.0788. The van der Waals surface area contributed by atoms with Crippen LogP contribution in [0.2, 0.25) is 0 Å². The summed E-state index contributed by atoms with van der Waals surface area (Å²) in [5.41, 5.74) is 3.61. The second kappa shape index (κ2) is 7.33. The smallest absolute Gasteiger partial charge is 0.270 e. The fourth-order valence-electron chi connectivity index (χ4n) is 3.29. The summed E-state index contributed by atoms with van der Waals surface area (Å²) >= 11 is 1.63. The first-order chi connectivity index (χ1) is 12.7. The molecule has 1 aliphatic heterocycles. The number of amides is 1. The van der Waals surface area contributed by atoms with E-state index in [-0.39, 0.29) is 5.91 Å². The number of hydrogen-bond acceptors (Lipinski definition) is 4. The molecule has 0 saturated carbocycles. The van der Waals surface area contributed by atoms with Crippen molar-refractivity contribution >= 4 is 17.2 Å². The standard InChI is InChI=1S/C20H21N3O2S/c1-25-18-7-3-2-6-14(18)11-19-22-17(13-26-19)15-10-16(21-12-15)20(24)23-8-4-5-9-23/h2-3,6-7,10,12-13,21H,4-5,8-9,11H2,1H3. The summed E-state index contributed by atoms with van der Waals surface area (Å²) < 4.78 is 5.42. The number of likely N-dealkylation sites (tertiary alicyclic amines) is 1. The predicted octanol–water partition coefficient (Wildman–Crippen LogP) is 3.97. The van der Waals surface area contributed by atoms with E-state index in [9.17, 15) is 4.79 Å². The fourth-order valence-corrected chi connectivity index (χ4v) is 4.12. The van der Waals surface area contributed by atoms with Crippen LogP contribution in [0.15, 0.2) is 41.9 Å². The van der Waals surface area contributed by atoms with Gasteiger partial charge in [-0.1, -0.05) is 18.2 Å². The first kappa shape index (κ1) is 16.8. The van der Waals surface area contributed by atoms with Crippen molar-refractivity contribution in [2.75, 3.05) is 20.2 Å². The summed E-state index contributed by atoms with van der Waals surface area (Å²) in [6, 6.07) is 9.90. The zero-order valence-electron chi connectivity index (χ0n) is 14.7. The van der Waals surface area contributed by atoms with Gasteiger partial charge in [-0.25, -0.2) is 4.98 Å². The number of methoxy groups -OCH3 is 1. The van der Waals surface area contributed by atoms with Crippen molar-refractivity contribution < 1.29 is 9.53 Å². The normalized spacial score (nSPS) is 14.0. The molecule has 1 saturated heterocycles. The largest absolute Gasteiger partial charge is 0.496 e. The van der Waals surface area contributed by atoms with Gasteiger partial charge in [0, 0.05) is 42.2 Å². The SMILES string of the molecule is COc1ccccc1Cc1nc(-c2c[nH]c(C(=O)N3CCCC3)c2)cs1. The quantitative estimate of drug-likeness (QED) is 0.742. The highest BCUT2D eigenvalue weighted by molar-refractivity contribution is 7.10. The topological polar surface area (TPSA) is 58.2 Å². The Morgan fingerprint density at radius 3 is 2.92 bits per heavy atom. The van der Waals surface area contributed by atoms with Crippen LogP contribution in [0.5, 0.6) is 5.75 Å². The Morgan fingerprint density at radius 2 is 2.12 bits per heavy atom. The van der Waals surface area contributed by atoms with Crippen molar-refractivity contribution in [3.05, 3.63) is 58.2 Å². The molecule has 0 bridgehead atoms. The summed E-state index contributed by atoms with van der Waals surface area (Å²) in [6.45, 7) is 1.71. The van der Waals surface area contributed by atoms with Gasteiger partial charge < -0.3 is 14.6 Å². The van der Waals surface area contributed by atoms with E-state index in [1.807, 2.05) is 40.7 Å². The molecule has 0 radical (unpaired) electrons. The Bertz CT molecular complexity index is 909. The Labute approximate surface area is 156 Å². The molecule has 1 fully saturated rings. The Morgan fingerprint density at radius 1 is 1.31 bits per heavy atom. The van der Waals surface area contributed by atoms with Crippen molar-refractivity contribution in [3.63, 3.8) is 0 Å². The number of carbonyl (C=O) groups is 1. The van der Waals surface area contributed by atoms with Gasteiger partial charge in [-0.2, -0.15) is 0 Å². The highest BCUT2D eigenvalue weighted by Crippen LogP contribution is 2.27. The maximum absolute atomic E-state index is 12.5. The van der Waals surface area contributed by atoms with E-state index >= 15 is 0 Å². The van der Waals surface area contributed by atoms with Gasteiger partial charge in [0.1, 0.15) is 11.4 Å². The van der Waals surface area contributed by atoms with Crippen LogP contribution in [-0.4, -0.2) is 41.0 Å². The highest BCUT2D eigenvalue weighted by atomic mass is 32.1. The minimum absolute atomic E-state index is 0.0817. The molecule has 3 aromatic rings. The maximum Gasteiger partial charge on any atom is 0.270 e. The first-order valence-corrected chi connectivity index (χ1v) is 9.67. The number of thiazole rings is 1. The molecule has 0 aliphatic carbocycles. The van der Waals surface area contributed by atoms with Gasteiger partial charge in [-0.05, 0) is 25.0 Å². The lowest BCUT2D eigenvalue weighted by Gasteiger charge is -2.13. The van der Waals surface area contributed by atoms with Gasteiger partial charge >= 0.3 is 0 Å². The van der Waals surface area contributed by atoms with Crippen molar-refractivity contribution in [1.82, 2.24) is 14.9 Å². The Hall–Kier alpha value is -2.60. The second-order valence-corrected chi connectivity index (χ2v) is 7.36. The molecule has 2 aromatic heterocycles. The second-order valence-electron chi connectivity index (χ2n) is 6.42. The Balaban J connectivity index is 1.50. The number of aromatic nitrogens is 2. The van der Waals surface area contributed by atoms with E-state index in [0.717, 1.165) is 59.9 Å². The number of H-pyrrole nitrogens is 1. The van der Waals surface area contributed by atoms with E-state index < -0.39 is 0 Å². The van der Waals surface area contributed by atoms with Gasteiger partial charge in [0.2, 0.25) is 0 Å². The molecular formula is C20H21N3O2S.